The van der Waals surface area contributed by atoms with E-state index in [2.05, 4.69) is 15.5 Å². The lowest BCUT2D eigenvalue weighted by Crippen LogP contribution is -2.12. The van der Waals surface area contributed by atoms with E-state index >= 15 is 0 Å². The molecule has 6 heteroatoms. The Bertz CT molecular complexity index is 800. The lowest BCUT2D eigenvalue weighted by atomic mass is 10.2. The van der Waals surface area contributed by atoms with Crippen molar-refractivity contribution in [1.82, 2.24) is 10.1 Å². The monoisotopic (exact) mass is 309 g/mol. The first-order valence-electron chi connectivity index (χ1n) is 7.02. The van der Waals surface area contributed by atoms with E-state index < -0.39 is 0 Å². The van der Waals surface area contributed by atoms with Crippen molar-refractivity contribution in [1.29, 1.82) is 0 Å². The maximum absolute atomic E-state index is 12.2. The van der Waals surface area contributed by atoms with E-state index in [1.165, 1.54) is 0 Å². The summed E-state index contributed by atoms with van der Waals surface area (Å²) in [5.41, 5.74) is 2.62. The average molecular weight is 309 g/mol. The van der Waals surface area contributed by atoms with Crippen LogP contribution in [0.15, 0.2) is 59.4 Å². The highest BCUT2D eigenvalue weighted by atomic mass is 16.5. The third-order valence-corrected chi connectivity index (χ3v) is 3.18. The molecule has 1 amide bonds. The highest BCUT2D eigenvalue weighted by Crippen LogP contribution is 2.20. The van der Waals surface area contributed by atoms with Gasteiger partial charge in [-0.2, -0.15) is 0 Å². The molecule has 0 spiro atoms. The highest BCUT2D eigenvalue weighted by Gasteiger charge is 2.14. The van der Waals surface area contributed by atoms with E-state index in [0.717, 1.165) is 11.1 Å². The summed E-state index contributed by atoms with van der Waals surface area (Å²) in [6.07, 6.45) is 3.32. The van der Waals surface area contributed by atoms with Crippen LogP contribution in [0.4, 0.5) is 5.69 Å². The lowest BCUT2D eigenvalue weighted by molar-refractivity contribution is 0.101. The summed E-state index contributed by atoms with van der Waals surface area (Å²) in [7, 11) is 1.63. The van der Waals surface area contributed by atoms with Crippen LogP contribution in [0.5, 0.6) is 0 Å². The predicted octanol–water partition coefficient (Wildman–Crippen LogP) is 3.14. The number of methoxy groups -OCH3 is 1. The zero-order chi connectivity index (χ0) is 16.1. The maximum Gasteiger partial charge on any atom is 0.277 e. The van der Waals surface area contributed by atoms with Gasteiger partial charge in [-0.3, -0.25) is 9.78 Å². The second-order valence-corrected chi connectivity index (χ2v) is 4.91. The lowest BCUT2D eigenvalue weighted by Gasteiger charge is -2.05. The van der Waals surface area contributed by atoms with Gasteiger partial charge in [0, 0.05) is 36.8 Å². The first-order valence-corrected chi connectivity index (χ1v) is 7.02. The van der Waals surface area contributed by atoms with Crippen LogP contribution in [-0.4, -0.2) is 23.2 Å². The van der Waals surface area contributed by atoms with Crippen molar-refractivity contribution in [3.63, 3.8) is 0 Å². The van der Waals surface area contributed by atoms with Crippen molar-refractivity contribution in [2.45, 2.75) is 6.61 Å². The zero-order valence-electron chi connectivity index (χ0n) is 12.5. The fourth-order valence-electron chi connectivity index (χ4n) is 2.13. The summed E-state index contributed by atoms with van der Waals surface area (Å²) in [4.78, 5) is 16.3. The summed E-state index contributed by atoms with van der Waals surface area (Å²) < 4.78 is 10.3. The van der Waals surface area contributed by atoms with Crippen molar-refractivity contribution >= 4 is 11.6 Å². The standard InChI is InChI=1S/C17H15N3O3/c1-22-11-12-4-2-6-14(8-12)19-17(21)15-9-16(23-20-15)13-5-3-7-18-10-13/h2-10H,11H2,1H3,(H,19,21). The molecule has 3 aromatic rings. The van der Waals surface area contributed by atoms with E-state index in [4.69, 9.17) is 9.26 Å². The molecule has 0 unspecified atom stereocenters. The van der Waals surface area contributed by atoms with E-state index in [-0.39, 0.29) is 11.6 Å². The van der Waals surface area contributed by atoms with Crippen LogP contribution >= 0.6 is 0 Å². The largest absolute Gasteiger partial charge is 0.380 e. The summed E-state index contributed by atoms with van der Waals surface area (Å²) in [5, 5.41) is 6.60. The van der Waals surface area contributed by atoms with E-state index in [0.29, 0.717) is 18.1 Å². The number of carbonyl (C=O) groups is 1. The van der Waals surface area contributed by atoms with Gasteiger partial charge in [0.25, 0.3) is 5.91 Å². The normalized spacial score (nSPS) is 10.5. The number of benzene rings is 1. The quantitative estimate of drug-likeness (QED) is 0.783. The van der Waals surface area contributed by atoms with Gasteiger partial charge in [-0.1, -0.05) is 17.3 Å². The molecule has 0 bridgehead atoms. The summed E-state index contributed by atoms with van der Waals surface area (Å²) in [6.45, 7) is 0.485. The van der Waals surface area contributed by atoms with E-state index in [1.807, 2.05) is 24.3 Å². The van der Waals surface area contributed by atoms with Gasteiger partial charge in [0.05, 0.1) is 6.61 Å². The zero-order valence-corrected chi connectivity index (χ0v) is 12.5. The molecule has 0 aliphatic carbocycles. The molecule has 0 saturated carbocycles. The maximum atomic E-state index is 12.2. The number of hydrogen-bond donors (Lipinski definition) is 1. The highest BCUT2D eigenvalue weighted by molar-refractivity contribution is 6.03. The summed E-state index contributed by atoms with van der Waals surface area (Å²) >= 11 is 0. The molecular weight excluding hydrogens is 294 g/mol. The topological polar surface area (TPSA) is 77.2 Å². The molecule has 1 aromatic carbocycles. The first kappa shape index (κ1) is 14.9. The van der Waals surface area contributed by atoms with Gasteiger partial charge in [0.2, 0.25) is 0 Å². The third-order valence-electron chi connectivity index (χ3n) is 3.18. The Kier molecular flexibility index (Phi) is 4.44. The Labute approximate surface area is 133 Å². The van der Waals surface area contributed by atoms with Gasteiger partial charge >= 0.3 is 0 Å². The van der Waals surface area contributed by atoms with E-state index in [9.17, 15) is 4.79 Å². The minimum absolute atomic E-state index is 0.209. The van der Waals surface area contributed by atoms with Crippen molar-refractivity contribution < 1.29 is 14.1 Å². The number of nitrogens with zero attached hydrogens (tertiary/aromatic N) is 2. The Morgan fingerprint density at radius 1 is 1.26 bits per heavy atom. The van der Waals surface area contributed by atoms with Gasteiger partial charge in [0.15, 0.2) is 11.5 Å². The van der Waals surface area contributed by atoms with E-state index in [1.54, 1.807) is 37.7 Å². The molecule has 0 radical (unpaired) electrons. The second-order valence-electron chi connectivity index (χ2n) is 4.91. The van der Waals surface area contributed by atoms with Crippen LogP contribution in [-0.2, 0) is 11.3 Å². The van der Waals surface area contributed by atoms with Gasteiger partial charge < -0.3 is 14.6 Å². The Hall–Kier alpha value is -2.99. The molecule has 23 heavy (non-hydrogen) atoms. The molecule has 0 fully saturated rings. The SMILES string of the molecule is COCc1cccc(NC(=O)c2cc(-c3cccnc3)on2)c1. The van der Waals surface area contributed by atoms with Crippen LogP contribution < -0.4 is 5.32 Å². The Morgan fingerprint density at radius 3 is 2.96 bits per heavy atom. The number of amides is 1. The van der Waals surface area contributed by atoms with Crippen molar-refractivity contribution in [3.8, 4) is 11.3 Å². The molecular formula is C17H15N3O3. The molecule has 6 nitrogen and oxygen atoms in total. The molecule has 1 N–H and O–H groups in total. The van der Waals surface area contributed by atoms with Crippen molar-refractivity contribution in [2.75, 3.05) is 12.4 Å². The molecule has 2 aromatic heterocycles. The molecule has 0 aliphatic heterocycles. The Morgan fingerprint density at radius 2 is 2.17 bits per heavy atom. The molecule has 3 rings (SSSR count). The molecule has 0 aliphatic rings. The number of ether oxygens (including phenoxy) is 1. The number of hydrogen-bond acceptors (Lipinski definition) is 5. The second kappa shape index (κ2) is 6.85. The van der Waals surface area contributed by atoms with Gasteiger partial charge in [-0.05, 0) is 29.8 Å². The first-order chi connectivity index (χ1) is 11.3. The Balaban J connectivity index is 1.74. The number of nitrogens with one attached hydrogen (secondary N) is 1. The molecule has 0 atom stereocenters. The van der Waals surface area contributed by atoms with Gasteiger partial charge in [0.1, 0.15) is 0 Å². The van der Waals surface area contributed by atoms with Gasteiger partial charge in [-0.15, -0.1) is 0 Å². The minimum atomic E-state index is -0.335. The average Bonchev–Trinajstić information content (AvgIpc) is 3.06. The fraction of sp³-hybridized carbons (Fsp3) is 0.118. The number of carbonyl (C=O) groups excluding carboxylic acids is 1. The van der Waals surface area contributed by atoms with Crippen LogP contribution in [0.3, 0.4) is 0 Å². The predicted molar refractivity (Wildman–Crippen MR) is 84.8 cm³/mol. The number of anilines is 1. The van der Waals surface area contributed by atoms with Crippen LogP contribution in [0, 0.1) is 0 Å². The number of rotatable bonds is 5. The van der Waals surface area contributed by atoms with Crippen LogP contribution in [0.25, 0.3) is 11.3 Å². The van der Waals surface area contributed by atoms with Crippen molar-refractivity contribution in [2.24, 2.45) is 0 Å². The third kappa shape index (κ3) is 3.61. The van der Waals surface area contributed by atoms with Crippen LogP contribution in [0.2, 0.25) is 0 Å². The molecule has 2 heterocycles. The van der Waals surface area contributed by atoms with Crippen LogP contribution in [0.1, 0.15) is 16.1 Å². The summed E-state index contributed by atoms with van der Waals surface area (Å²) in [6, 6.07) is 12.7. The molecule has 116 valence electrons. The smallest absolute Gasteiger partial charge is 0.277 e. The van der Waals surface area contributed by atoms with Crippen molar-refractivity contribution in [3.05, 3.63) is 66.1 Å². The molecule has 0 saturated heterocycles. The minimum Gasteiger partial charge on any atom is -0.380 e. The number of aromatic nitrogens is 2. The summed E-state index contributed by atoms with van der Waals surface area (Å²) in [5.74, 6) is 0.162. The van der Waals surface area contributed by atoms with Gasteiger partial charge in [-0.25, -0.2) is 0 Å². The number of pyridine rings is 1. The fourth-order valence-corrected chi connectivity index (χ4v) is 2.13.